The molecule has 1 fully saturated rings. The van der Waals surface area contributed by atoms with E-state index in [4.69, 9.17) is 5.73 Å². The predicted octanol–water partition coefficient (Wildman–Crippen LogP) is 0.995. The summed E-state index contributed by atoms with van der Waals surface area (Å²) in [7, 11) is 0. The average Bonchev–Trinajstić information content (AvgIpc) is 2.39. The van der Waals surface area contributed by atoms with Crippen molar-refractivity contribution in [2.75, 3.05) is 5.73 Å². The molecule has 2 heterocycles. The number of rotatable bonds is 1. The van der Waals surface area contributed by atoms with Crippen molar-refractivity contribution < 1.29 is 9.59 Å². The second kappa shape index (κ2) is 6.00. The zero-order chi connectivity index (χ0) is 16.0. The summed E-state index contributed by atoms with van der Waals surface area (Å²) in [6, 6.07) is 2.64. The summed E-state index contributed by atoms with van der Waals surface area (Å²) in [5.41, 5.74) is 7.28. The van der Waals surface area contributed by atoms with Crippen molar-refractivity contribution in [3.05, 3.63) is 33.9 Å². The molecule has 1 saturated heterocycles. The van der Waals surface area contributed by atoms with Crippen LogP contribution in [0.1, 0.15) is 30.3 Å². The fourth-order valence-electron chi connectivity index (χ4n) is 2.95. The monoisotopic (exact) mass is 336 g/mol. The van der Waals surface area contributed by atoms with Crippen LogP contribution in [-0.2, 0) is 9.59 Å². The lowest BCUT2D eigenvalue weighted by atomic mass is 10.0. The van der Waals surface area contributed by atoms with E-state index in [2.05, 4.69) is 10.3 Å². The van der Waals surface area contributed by atoms with Gasteiger partial charge in [0.2, 0.25) is 11.8 Å². The molecule has 1 aromatic heterocycles. The van der Waals surface area contributed by atoms with Gasteiger partial charge in [-0.2, -0.15) is 0 Å². The van der Waals surface area contributed by atoms with E-state index < -0.39 is 11.9 Å². The maximum absolute atomic E-state index is 12.8. The van der Waals surface area contributed by atoms with Gasteiger partial charge >= 0.3 is 0 Å². The Bertz CT molecular complexity index is 875. The Balaban J connectivity index is 0.00000192. The summed E-state index contributed by atoms with van der Waals surface area (Å²) >= 11 is 0. The number of hydrogen-bond acceptors (Lipinski definition) is 5. The van der Waals surface area contributed by atoms with E-state index >= 15 is 0 Å². The van der Waals surface area contributed by atoms with Gasteiger partial charge < -0.3 is 5.73 Å². The number of imide groups is 1. The predicted molar refractivity (Wildman–Crippen MR) is 88.6 cm³/mol. The number of piperidine rings is 1. The molecule has 7 nitrogen and oxygen atoms in total. The maximum Gasteiger partial charge on any atom is 0.262 e. The minimum atomic E-state index is -0.709. The first-order valence-corrected chi connectivity index (χ1v) is 7.01. The third kappa shape index (κ3) is 2.79. The minimum absolute atomic E-state index is 0. The van der Waals surface area contributed by atoms with E-state index in [1.807, 2.05) is 0 Å². The van der Waals surface area contributed by atoms with Crippen LogP contribution in [-0.4, -0.2) is 21.4 Å². The van der Waals surface area contributed by atoms with Crippen molar-refractivity contribution in [2.45, 2.75) is 32.7 Å². The van der Waals surface area contributed by atoms with Gasteiger partial charge in [-0.3, -0.25) is 24.3 Å². The molecule has 0 spiro atoms. The molecule has 0 bridgehead atoms. The number of nitrogens with zero attached hydrogens (tertiary/aromatic N) is 2. The first kappa shape index (κ1) is 17.0. The normalized spacial score (nSPS) is 17.7. The average molecular weight is 337 g/mol. The Morgan fingerprint density at radius 1 is 1.26 bits per heavy atom. The summed E-state index contributed by atoms with van der Waals surface area (Å²) in [5.74, 6) is -0.350. The van der Waals surface area contributed by atoms with Gasteiger partial charge in [0.15, 0.2) is 0 Å². The standard InChI is InChI=1S/C15H16N4O3.ClH/c1-7-5-9(16)6-10-13(7)15(22)19(8(2)17-10)11-3-4-12(20)18-14(11)21;/h5-6,11H,3-4,16H2,1-2H3,(H,18,20,21);1H. The van der Waals surface area contributed by atoms with Crippen molar-refractivity contribution in [2.24, 2.45) is 0 Å². The number of nitrogen functional groups attached to an aromatic ring is 1. The smallest absolute Gasteiger partial charge is 0.262 e. The fourth-order valence-corrected chi connectivity index (χ4v) is 2.95. The summed E-state index contributed by atoms with van der Waals surface area (Å²) < 4.78 is 1.37. The molecule has 1 aliphatic rings. The first-order valence-electron chi connectivity index (χ1n) is 7.01. The molecule has 23 heavy (non-hydrogen) atoms. The van der Waals surface area contributed by atoms with Gasteiger partial charge in [-0.1, -0.05) is 0 Å². The van der Waals surface area contributed by atoms with Crippen LogP contribution in [0.3, 0.4) is 0 Å². The number of benzene rings is 1. The third-order valence-corrected chi connectivity index (χ3v) is 3.92. The molecular weight excluding hydrogens is 320 g/mol. The summed E-state index contributed by atoms with van der Waals surface area (Å²) in [4.78, 5) is 40.6. The van der Waals surface area contributed by atoms with Gasteiger partial charge in [-0.05, 0) is 38.0 Å². The van der Waals surface area contributed by atoms with Crippen molar-refractivity contribution in [1.82, 2.24) is 14.9 Å². The Kier molecular flexibility index (Phi) is 4.42. The molecule has 0 saturated carbocycles. The van der Waals surface area contributed by atoms with Gasteiger partial charge in [0.05, 0.1) is 10.9 Å². The van der Waals surface area contributed by atoms with Crippen LogP contribution in [0.2, 0.25) is 0 Å². The lowest BCUT2D eigenvalue weighted by Crippen LogP contribution is -2.45. The van der Waals surface area contributed by atoms with E-state index in [0.717, 1.165) is 0 Å². The Labute approximate surface area is 138 Å². The highest BCUT2D eigenvalue weighted by atomic mass is 35.5. The van der Waals surface area contributed by atoms with Crippen LogP contribution in [0.25, 0.3) is 10.9 Å². The molecule has 2 amide bonds. The molecule has 3 rings (SSSR count). The van der Waals surface area contributed by atoms with Crippen LogP contribution in [0.5, 0.6) is 0 Å². The highest BCUT2D eigenvalue weighted by molar-refractivity contribution is 5.99. The van der Waals surface area contributed by atoms with Crippen molar-refractivity contribution in [3.8, 4) is 0 Å². The van der Waals surface area contributed by atoms with E-state index in [0.29, 0.717) is 34.4 Å². The number of carbonyl (C=O) groups is 2. The summed E-state index contributed by atoms with van der Waals surface area (Å²) in [6.07, 6.45) is 0.508. The third-order valence-electron chi connectivity index (χ3n) is 3.92. The van der Waals surface area contributed by atoms with Crippen molar-refractivity contribution >= 4 is 40.8 Å². The number of hydrogen-bond donors (Lipinski definition) is 2. The number of fused-ring (bicyclic) bond motifs is 1. The highest BCUT2D eigenvalue weighted by Gasteiger charge is 2.30. The zero-order valence-corrected chi connectivity index (χ0v) is 13.6. The lowest BCUT2D eigenvalue weighted by Gasteiger charge is -2.24. The van der Waals surface area contributed by atoms with E-state index in [-0.39, 0.29) is 30.3 Å². The number of halogens is 1. The Morgan fingerprint density at radius 2 is 1.96 bits per heavy atom. The van der Waals surface area contributed by atoms with Crippen molar-refractivity contribution in [3.63, 3.8) is 0 Å². The molecular formula is C15H17ClN4O3. The molecule has 1 atom stereocenters. The lowest BCUT2D eigenvalue weighted by molar-refractivity contribution is -0.135. The second-order valence-corrected chi connectivity index (χ2v) is 5.53. The molecule has 1 aliphatic heterocycles. The Hall–Kier alpha value is -2.41. The molecule has 2 aromatic rings. The molecule has 3 N–H and O–H groups in total. The van der Waals surface area contributed by atoms with Gasteiger partial charge in [0.1, 0.15) is 11.9 Å². The highest BCUT2D eigenvalue weighted by Crippen LogP contribution is 2.22. The summed E-state index contributed by atoms with van der Waals surface area (Å²) in [6.45, 7) is 3.45. The van der Waals surface area contributed by atoms with Gasteiger partial charge in [0.25, 0.3) is 5.56 Å². The van der Waals surface area contributed by atoms with Gasteiger partial charge in [0, 0.05) is 12.1 Å². The van der Waals surface area contributed by atoms with E-state index in [1.54, 1.807) is 26.0 Å². The molecule has 122 valence electrons. The molecule has 1 unspecified atom stereocenters. The van der Waals surface area contributed by atoms with Crippen LogP contribution in [0.4, 0.5) is 5.69 Å². The maximum atomic E-state index is 12.8. The quantitative estimate of drug-likeness (QED) is 0.596. The minimum Gasteiger partial charge on any atom is -0.399 e. The van der Waals surface area contributed by atoms with E-state index in [1.165, 1.54) is 4.57 Å². The number of nitrogens with two attached hydrogens (primary N) is 1. The van der Waals surface area contributed by atoms with Crippen LogP contribution < -0.4 is 16.6 Å². The first-order chi connectivity index (χ1) is 10.4. The SMILES string of the molecule is Cc1cc(N)cc2nc(C)n(C3CCC(=O)NC3=O)c(=O)c12.Cl. The van der Waals surface area contributed by atoms with E-state index in [9.17, 15) is 14.4 Å². The second-order valence-electron chi connectivity index (χ2n) is 5.53. The molecule has 0 aliphatic carbocycles. The van der Waals surface area contributed by atoms with Crippen LogP contribution >= 0.6 is 12.4 Å². The number of aromatic nitrogens is 2. The molecule has 1 aromatic carbocycles. The van der Waals surface area contributed by atoms with Gasteiger partial charge in [-0.25, -0.2) is 4.98 Å². The number of carbonyl (C=O) groups excluding carboxylic acids is 2. The van der Waals surface area contributed by atoms with Crippen LogP contribution in [0.15, 0.2) is 16.9 Å². The van der Waals surface area contributed by atoms with Gasteiger partial charge in [-0.15, -0.1) is 12.4 Å². The number of anilines is 1. The Morgan fingerprint density at radius 3 is 2.61 bits per heavy atom. The number of aryl methyl sites for hydroxylation is 2. The number of nitrogens with one attached hydrogen (secondary N) is 1. The summed E-state index contributed by atoms with van der Waals surface area (Å²) in [5, 5.41) is 2.72. The van der Waals surface area contributed by atoms with Crippen LogP contribution in [0, 0.1) is 13.8 Å². The topological polar surface area (TPSA) is 107 Å². The molecule has 8 heteroatoms. The zero-order valence-electron chi connectivity index (χ0n) is 12.8. The largest absolute Gasteiger partial charge is 0.399 e. The molecule has 0 radical (unpaired) electrons. The number of amides is 2. The van der Waals surface area contributed by atoms with Crippen molar-refractivity contribution in [1.29, 1.82) is 0 Å². The fraction of sp³-hybridized carbons (Fsp3) is 0.333.